The van der Waals surface area contributed by atoms with Crippen molar-refractivity contribution < 1.29 is 0 Å². The second-order valence-electron chi connectivity index (χ2n) is 4.03. The van der Waals surface area contributed by atoms with Crippen molar-refractivity contribution in [2.45, 2.75) is 13.5 Å². The number of anilines is 1. The Morgan fingerprint density at radius 1 is 1.18 bits per heavy atom. The highest BCUT2D eigenvalue weighted by molar-refractivity contribution is 5.45. The molecular weight excluding hydrogens is 212 g/mol. The maximum atomic E-state index is 11.5. The van der Waals surface area contributed by atoms with E-state index in [2.05, 4.69) is 24.4 Å². The Labute approximate surface area is 101 Å². The van der Waals surface area contributed by atoms with Crippen LogP contribution in [0, 0.1) is 6.92 Å². The van der Waals surface area contributed by atoms with Crippen molar-refractivity contribution in [3.63, 3.8) is 0 Å². The molecule has 0 amide bonds. The van der Waals surface area contributed by atoms with Gasteiger partial charge in [-0.15, -0.1) is 0 Å². The smallest absolute Gasteiger partial charge is 0.250 e. The van der Waals surface area contributed by atoms with E-state index in [4.69, 9.17) is 0 Å². The van der Waals surface area contributed by atoms with Gasteiger partial charge < -0.3 is 9.88 Å². The lowest BCUT2D eigenvalue weighted by Crippen LogP contribution is -2.21. The highest BCUT2D eigenvalue weighted by atomic mass is 16.1. The molecule has 0 aliphatic rings. The minimum atomic E-state index is 0.0403. The molecule has 0 unspecified atom stereocenters. The first-order chi connectivity index (χ1) is 8.25. The van der Waals surface area contributed by atoms with Gasteiger partial charge in [-0.3, -0.25) is 4.79 Å². The topological polar surface area (TPSA) is 34.0 Å². The first-order valence-electron chi connectivity index (χ1n) is 5.72. The fourth-order valence-electron chi connectivity index (χ4n) is 1.72. The molecule has 1 N–H and O–H groups in total. The summed E-state index contributed by atoms with van der Waals surface area (Å²) in [6.07, 6.45) is 1.81. The van der Waals surface area contributed by atoms with E-state index in [1.54, 1.807) is 22.9 Å². The van der Waals surface area contributed by atoms with E-state index >= 15 is 0 Å². The third-order valence-corrected chi connectivity index (χ3v) is 2.60. The van der Waals surface area contributed by atoms with Gasteiger partial charge in [0.25, 0.3) is 5.56 Å². The van der Waals surface area contributed by atoms with Gasteiger partial charge in [0.1, 0.15) is 0 Å². The zero-order valence-corrected chi connectivity index (χ0v) is 9.89. The van der Waals surface area contributed by atoms with Crippen LogP contribution in [0.4, 0.5) is 5.69 Å². The Morgan fingerprint density at radius 2 is 2.06 bits per heavy atom. The second-order valence-corrected chi connectivity index (χ2v) is 4.03. The largest absolute Gasteiger partial charge is 0.383 e. The lowest BCUT2D eigenvalue weighted by Gasteiger charge is -2.08. The lowest BCUT2D eigenvalue weighted by molar-refractivity contribution is 0.697. The molecule has 0 aliphatic carbocycles. The van der Waals surface area contributed by atoms with Gasteiger partial charge in [-0.05, 0) is 30.7 Å². The lowest BCUT2D eigenvalue weighted by atomic mass is 10.2. The molecule has 17 heavy (non-hydrogen) atoms. The first-order valence-corrected chi connectivity index (χ1v) is 5.72. The van der Waals surface area contributed by atoms with Crippen molar-refractivity contribution in [1.82, 2.24) is 4.57 Å². The van der Waals surface area contributed by atoms with E-state index in [9.17, 15) is 4.79 Å². The summed E-state index contributed by atoms with van der Waals surface area (Å²) in [5.74, 6) is 0. The average molecular weight is 228 g/mol. The summed E-state index contributed by atoms with van der Waals surface area (Å²) in [4.78, 5) is 11.5. The van der Waals surface area contributed by atoms with Crippen LogP contribution >= 0.6 is 0 Å². The number of rotatable bonds is 4. The van der Waals surface area contributed by atoms with Crippen molar-refractivity contribution in [2.75, 3.05) is 11.9 Å². The average Bonchev–Trinajstić information content (AvgIpc) is 2.32. The molecule has 0 spiro atoms. The molecule has 0 fully saturated rings. The Kier molecular flexibility index (Phi) is 3.60. The van der Waals surface area contributed by atoms with Crippen LogP contribution in [-0.4, -0.2) is 11.1 Å². The van der Waals surface area contributed by atoms with Gasteiger partial charge in [-0.1, -0.05) is 18.2 Å². The van der Waals surface area contributed by atoms with Crippen molar-refractivity contribution in [3.8, 4) is 0 Å². The summed E-state index contributed by atoms with van der Waals surface area (Å²) >= 11 is 0. The second kappa shape index (κ2) is 5.34. The maximum Gasteiger partial charge on any atom is 0.250 e. The van der Waals surface area contributed by atoms with E-state index < -0.39 is 0 Å². The number of pyridine rings is 1. The van der Waals surface area contributed by atoms with Gasteiger partial charge >= 0.3 is 0 Å². The van der Waals surface area contributed by atoms with Crippen LogP contribution < -0.4 is 10.9 Å². The van der Waals surface area contributed by atoms with Crippen LogP contribution in [0.25, 0.3) is 0 Å². The molecule has 88 valence electrons. The molecule has 3 nitrogen and oxygen atoms in total. The molecule has 0 saturated carbocycles. The SMILES string of the molecule is Cc1cccc(NCCn2ccccc2=O)c1. The number of hydrogen-bond donors (Lipinski definition) is 1. The number of nitrogens with zero attached hydrogens (tertiary/aromatic N) is 1. The van der Waals surface area contributed by atoms with Crippen LogP contribution in [0.5, 0.6) is 0 Å². The summed E-state index contributed by atoms with van der Waals surface area (Å²) in [6, 6.07) is 13.4. The quantitative estimate of drug-likeness (QED) is 0.871. The van der Waals surface area contributed by atoms with Crippen molar-refractivity contribution >= 4 is 5.69 Å². The van der Waals surface area contributed by atoms with Gasteiger partial charge in [0.15, 0.2) is 0 Å². The highest BCUT2D eigenvalue weighted by Crippen LogP contribution is 2.08. The summed E-state index contributed by atoms with van der Waals surface area (Å²) in [5.41, 5.74) is 2.36. The zero-order chi connectivity index (χ0) is 12.1. The van der Waals surface area contributed by atoms with Crippen LogP contribution in [0.3, 0.4) is 0 Å². The fourth-order valence-corrected chi connectivity index (χ4v) is 1.72. The van der Waals surface area contributed by atoms with Crippen LogP contribution in [0.15, 0.2) is 53.5 Å². The maximum absolute atomic E-state index is 11.5. The predicted molar refractivity (Wildman–Crippen MR) is 70.4 cm³/mol. The summed E-state index contributed by atoms with van der Waals surface area (Å²) in [7, 11) is 0. The van der Waals surface area contributed by atoms with E-state index in [0.29, 0.717) is 6.54 Å². The molecule has 1 aromatic carbocycles. The summed E-state index contributed by atoms with van der Waals surface area (Å²) < 4.78 is 1.70. The Morgan fingerprint density at radius 3 is 2.82 bits per heavy atom. The van der Waals surface area contributed by atoms with Gasteiger partial charge in [0.05, 0.1) is 0 Å². The van der Waals surface area contributed by atoms with E-state index in [-0.39, 0.29) is 5.56 Å². The Bertz CT molecular complexity index is 546. The minimum absolute atomic E-state index is 0.0403. The first kappa shape index (κ1) is 11.5. The predicted octanol–water partition coefficient (Wildman–Crippen LogP) is 2.27. The number of aromatic nitrogens is 1. The minimum Gasteiger partial charge on any atom is -0.383 e. The molecule has 0 saturated heterocycles. The van der Waals surface area contributed by atoms with Gasteiger partial charge in [-0.25, -0.2) is 0 Å². The standard InChI is InChI=1S/C14H16N2O/c1-12-5-4-6-13(11-12)15-8-10-16-9-3-2-7-14(16)17/h2-7,9,11,15H,8,10H2,1H3. The number of nitrogens with one attached hydrogen (secondary N) is 1. The fraction of sp³-hybridized carbons (Fsp3) is 0.214. The van der Waals surface area contributed by atoms with E-state index in [0.717, 1.165) is 12.2 Å². The van der Waals surface area contributed by atoms with Crippen LogP contribution in [-0.2, 0) is 6.54 Å². The molecule has 3 heteroatoms. The number of aryl methyl sites for hydroxylation is 1. The Hall–Kier alpha value is -2.03. The van der Waals surface area contributed by atoms with E-state index in [1.165, 1.54) is 5.56 Å². The Balaban J connectivity index is 1.92. The molecule has 0 bridgehead atoms. The molecule has 1 aromatic heterocycles. The van der Waals surface area contributed by atoms with Crippen molar-refractivity contribution in [1.29, 1.82) is 0 Å². The summed E-state index contributed by atoms with van der Waals surface area (Å²) in [6.45, 7) is 3.48. The molecule has 2 rings (SSSR count). The van der Waals surface area contributed by atoms with Crippen LogP contribution in [0.1, 0.15) is 5.56 Å². The van der Waals surface area contributed by atoms with Crippen molar-refractivity contribution in [3.05, 3.63) is 64.6 Å². The molecule has 2 aromatic rings. The van der Waals surface area contributed by atoms with E-state index in [1.807, 2.05) is 18.2 Å². The summed E-state index contributed by atoms with van der Waals surface area (Å²) in [5, 5.41) is 3.30. The normalized spacial score (nSPS) is 10.2. The van der Waals surface area contributed by atoms with Gasteiger partial charge in [0, 0.05) is 31.0 Å². The molecule has 0 atom stereocenters. The molecular formula is C14H16N2O. The van der Waals surface area contributed by atoms with Gasteiger partial charge in [-0.2, -0.15) is 0 Å². The zero-order valence-electron chi connectivity index (χ0n) is 9.89. The number of hydrogen-bond acceptors (Lipinski definition) is 2. The highest BCUT2D eigenvalue weighted by Gasteiger charge is 1.94. The third-order valence-electron chi connectivity index (χ3n) is 2.60. The third kappa shape index (κ3) is 3.21. The monoisotopic (exact) mass is 228 g/mol. The molecule has 0 radical (unpaired) electrons. The molecule has 1 heterocycles. The number of benzene rings is 1. The van der Waals surface area contributed by atoms with Crippen LogP contribution in [0.2, 0.25) is 0 Å². The molecule has 0 aliphatic heterocycles. The van der Waals surface area contributed by atoms with Gasteiger partial charge in [0.2, 0.25) is 0 Å². The van der Waals surface area contributed by atoms with Crippen molar-refractivity contribution in [2.24, 2.45) is 0 Å².